The van der Waals surface area contributed by atoms with Crippen molar-refractivity contribution in [1.82, 2.24) is 14.8 Å². The fourth-order valence-electron chi connectivity index (χ4n) is 3.28. The maximum Gasteiger partial charge on any atom is 0.257 e. The number of benzene rings is 2. The highest BCUT2D eigenvalue weighted by Crippen LogP contribution is 2.33. The number of nitrogens with one attached hydrogen (secondary N) is 1. The van der Waals surface area contributed by atoms with E-state index in [4.69, 9.17) is 9.47 Å². The normalized spacial score (nSPS) is 10.8. The molecule has 0 saturated carbocycles. The molecule has 2 aromatic heterocycles. The molecule has 0 bridgehead atoms. The Hall–Kier alpha value is -3.87. The van der Waals surface area contributed by atoms with Gasteiger partial charge in [-0.1, -0.05) is 30.3 Å². The zero-order valence-corrected chi connectivity index (χ0v) is 17.0. The van der Waals surface area contributed by atoms with Crippen LogP contribution < -0.4 is 14.8 Å². The van der Waals surface area contributed by atoms with Crippen molar-refractivity contribution in [1.29, 1.82) is 0 Å². The Kier molecular flexibility index (Phi) is 5.34. The van der Waals surface area contributed by atoms with Crippen molar-refractivity contribution in [2.45, 2.75) is 13.5 Å². The number of ether oxygens (including phenoxy) is 2. The van der Waals surface area contributed by atoms with Gasteiger partial charge in [-0.05, 0) is 30.2 Å². The van der Waals surface area contributed by atoms with Gasteiger partial charge in [-0.15, -0.1) is 0 Å². The maximum absolute atomic E-state index is 12.8. The first-order chi connectivity index (χ1) is 14.6. The van der Waals surface area contributed by atoms with Crippen LogP contribution in [0.3, 0.4) is 0 Å². The van der Waals surface area contributed by atoms with Crippen molar-refractivity contribution in [3.63, 3.8) is 0 Å². The van der Waals surface area contributed by atoms with E-state index in [2.05, 4.69) is 15.4 Å². The topological polar surface area (TPSA) is 78.3 Å². The van der Waals surface area contributed by atoms with Crippen molar-refractivity contribution < 1.29 is 14.3 Å². The van der Waals surface area contributed by atoms with Gasteiger partial charge >= 0.3 is 0 Å². The average Bonchev–Trinajstić information content (AvgIpc) is 3.17. The first-order valence-electron chi connectivity index (χ1n) is 9.48. The Labute approximate surface area is 174 Å². The Morgan fingerprint density at radius 3 is 2.50 bits per heavy atom. The molecule has 7 heteroatoms. The molecular weight excluding hydrogens is 380 g/mol. The molecule has 0 atom stereocenters. The number of amides is 1. The zero-order valence-electron chi connectivity index (χ0n) is 17.0. The van der Waals surface area contributed by atoms with Crippen LogP contribution in [0.4, 0.5) is 5.69 Å². The summed E-state index contributed by atoms with van der Waals surface area (Å²) >= 11 is 0. The van der Waals surface area contributed by atoms with E-state index in [1.165, 1.54) is 0 Å². The summed E-state index contributed by atoms with van der Waals surface area (Å²) in [6.07, 6.45) is 3.29. The van der Waals surface area contributed by atoms with Gasteiger partial charge < -0.3 is 14.8 Å². The van der Waals surface area contributed by atoms with Crippen molar-refractivity contribution in [2.24, 2.45) is 0 Å². The molecule has 0 aliphatic heterocycles. The van der Waals surface area contributed by atoms with Crippen LogP contribution in [-0.2, 0) is 6.54 Å². The summed E-state index contributed by atoms with van der Waals surface area (Å²) in [6.45, 7) is 2.51. The molecule has 4 aromatic rings. The number of hydrogen-bond donors (Lipinski definition) is 1. The van der Waals surface area contributed by atoms with Crippen LogP contribution in [0.15, 0.2) is 60.9 Å². The quantitative estimate of drug-likeness (QED) is 0.526. The molecule has 0 aliphatic carbocycles. The lowest BCUT2D eigenvalue weighted by molar-refractivity contribution is 0.102. The number of fused-ring (bicyclic) bond motifs is 1. The number of aromatic nitrogens is 3. The number of anilines is 1. The van der Waals surface area contributed by atoms with Crippen LogP contribution in [0, 0.1) is 6.92 Å². The summed E-state index contributed by atoms with van der Waals surface area (Å²) in [7, 11) is 3.14. The van der Waals surface area contributed by atoms with Crippen molar-refractivity contribution in [3.8, 4) is 11.5 Å². The average molecular weight is 402 g/mol. The third kappa shape index (κ3) is 3.82. The second-order valence-electron chi connectivity index (χ2n) is 6.90. The summed E-state index contributed by atoms with van der Waals surface area (Å²) in [6, 6.07) is 15.4. The van der Waals surface area contributed by atoms with Crippen LogP contribution in [0.5, 0.6) is 11.5 Å². The van der Waals surface area contributed by atoms with Gasteiger partial charge in [0.15, 0.2) is 17.1 Å². The van der Waals surface area contributed by atoms with Gasteiger partial charge in [0.25, 0.3) is 5.91 Å². The molecule has 0 unspecified atom stereocenters. The second-order valence-corrected chi connectivity index (χ2v) is 6.90. The third-order valence-electron chi connectivity index (χ3n) is 4.89. The third-order valence-corrected chi connectivity index (χ3v) is 4.89. The molecule has 2 aromatic carbocycles. The largest absolute Gasteiger partial charge is 0.493 e. The lowest BCUT2D eigenvalue weighted by atomic mass is 10.1. The standard InChI is InChI=1S/C23H22N4O3/c1-15-9-20(29-2)21(30-3)11-19(15)26-23(28)18-10-17-13-25-27(22(17)24-12-18)14-16-7-5-4-6-8-16/h4-13H,14H2,1-3H3,(H,26,28). The first kappa shape index (κ1) is 19.4. The van der Waals surface area contributed by atoms with Crippen LogP contribution in [-0.4, -0.2) is 34.9 Å². The van der Waals surface area contributed by atoms with Gasteiger partial charge in [0.2, 0.25) is 0 Å². The molecule has 4 rings (SSSR count). The minimum absolute atomic E-state index is 0.254. The van der Waals surface area contributed by atoms with E-state index in [-0.39, 0.29) is 5.91 Å². The number of rotatable bonds is 6. The smallest absolute Gasteiger partial charge is 0.257 e. The number of aryl methyl sites for hydroxylation is 1. The van der Waals surface area contributed by atoms with Crippen LogP contribution >= 0.6 is 0 Å². The van der Waals surface area contributed by atoms with E-state index in [0.717, 1.165) is 22.2 Å². The van der Waals surface area contributed by atoms with E-state index < -0.39 is 0 Å². The molecule has 2 heterocycles. The summed E-state index contributed by atoms with van der Waals surface area (Å²) in [5.74, 6) is 0.909. The predicted octanol–water partition coefficient (Wildman–Crippen LogP) is 4.06. The molecule has 1 amide bonds. The molecule has 152 valence electrons. The Bertz CT molecular complexity index is 1200. The number of nitrogens with zero attached hydrogens (tertiary/aromatic N) is 3. The van der Waals surface area contributed by atoms with Crippen LogP contribution in [0.1, 0.15) is 21.5 Å². The van der Waals surface area contributed by atoms with Gasteiger partial charge in [-0.2, -0.15) is 5.10 Å². The van der Waals surface area contributed by atoms with E-state index in [9.17, 15) is 4.79 Å². The minimum Gasteiger partial charge on any atom is -0.493 e. The zero-order chi connectivity index (χ0) is 21.1. The SMILES string of the molecule is COc1cc(C)c(NC(=O)c2cnc3c(cnn3Cc3ccccc3)c2)cc1OC. The predicted molar refractivity (Wildman–Crippen MR) is 115 cm³/mol. The molecule has 0 aliphatic rings. The van der Waals surface area contributed by atoms with Crippen LogP contribution in [0.25, 0.3) is 11.0 Å². The Morgan fingerprint density at radius 2 is 1.77 bits per heavy atom. The van der Waals surface area contributed by atoms with E-state index in [1.54, 1.807) is 38.7 Å². The molecule has 7 nitrogen and oxygen atoms in total. The molecule has 30 heavy (non-hydrogen) atoms. The van der Waals surface area contributed by atoms with Gasteiger partial charge in [0.05, 0.1) is 32.5 Å². The molecular formula is C23H22N4O3. The number of carbonyl (C=O) groups is 1. The molecule has 0 saturated heterocycles. The highest BCUT2D eigenvalue weighted by atomic mass is 16.5. The van der Waals surface area contributed by atoms with E-state index in [1.807, 2.05) is 48.0 Å². The lowest BCUT2D eigenvalue weighted by Gasteiger charge is -2.13. The minimum atomic E-state index is -0.254. The van der Waals surface area contributed by atoms with E-state index >= 15 is 0 Å². The Morgan fingerprint density at radius 1 is 1.03 bits per heavy atom. The number of carbonyl (C=O) groups excluding carboxylic acids is 1. The van der Waals surface area contributed by atoms with Gasteiger partial charge in [-0.25, -0.2) is 9.67 Å². The molecule has 0 fully saturated rings. The number of pyridine rings is 1. The van der Waals surface area contributed by atoms with Gasteiger partial charge in [0.1, 0.15) is 0 Å². The van der Waals surface area contributed by atoms with Gasteiger partial charge in [0, 0.05) is 23.3 Å². The fourth-order valence-corrected chi connectivity index (χ4v) is 3.28. The van der Waals surface area contributed by atoms with Crippen molar-refractivity contribution in [2.75, 3.05) is 19.5 Å². The summed E-state index contributed by atoms with van der Waals surface area (Å²) < 4.78 is 12.5. The molecule has 0 radical (unpaired) electrons. The van der Waals surface area contributed by atoms with Crippen molar-refractivity contribution in [3.05, 3.63) is 77.6 Å². The Balaban J connectivity index is 1.57. The van der Waals surface area contributed by atoms with Crippen LogP contribution in [0.2, 0.25) is 0 Å². The van der Waals surface area contributed by atoms with Crippen molar-refractivity contribution >= 4 is 22.6 Å². The molecule has 0 spiro atoms. The highest BCUT2D eigenvalue weighted by molar-refractivity contribution is 6.06. The molecule has 1 N–H and O–H groups in total. The monoisotopic (exact) mass is 402 g/mol. The van der Waals surface area contributed by atoms with Gasteiger partial charge in [-0.3, -0.25) is 4.79 Å². The van der Waals surface area contributed by atoms with E-state index in [0.29, 0.717) is 29.3 Å². The summed E-state index contributed by atoms with van der Waals surface area (Å²) in [4.78, 5) is 17.3. The first-order valence-corrected chi connectivity index (χ1v) is 9.48. The highest BCUT2D eigenvalue weighted by Gasteiger charge is 2.14. The maximum atomic E-state index is 12.8. The summed E-state index contributed by atoms with van der Waals surface area (Å²) in [5, 5.41) is 8.15. The number of hydrogen-bond acceptors (Lipinski definition) is 5. The second kappa shape index (κ2) is 8.24. The lowest BCUT2D eigenvalue weighted by Crippen LogP contribution is -2.13. The fraction of sp³-hybridized carbons (Fsp3) is 0.174. The number of methoxy groups -OCH3 is 2. The summed E-state index contributed by atoms with van der Waals surface area (Å²) in [5.41, 5.74) is 3.84.